The van der Waals surface area contributed by atoms with Crippen LogP contribution in [0.15, 0.2) is 6.07 Å². The van der Waals surface area contributed by atoms with E-state index in [1.807, 2.05) is 0 Å². The number of nitrogens with two attached hydrogens (primary N) is 1. The molecule has 2 N–H and O–H groups in total. The van der Waals surface area contributed by atoms with Crippen molar-refractivity contribution in [3.63, 3.8) is 0 Å². The summed E-state index contributed by atoms with van der Waals surface area (Å²) in [5.41, 5.74) is 6.14. The van der Waals surface area contributed by atoms with E-state index in [1.54, 1.807) is 25.1 Å². The first-order valence-corrected chi connectivity index (χ1v) is 7.44. The fourth-order valence-electron chi connectivity index (χ4n) is 2.36. The van der Waals surface area contributed by atoms with Gasteiger partial charge in [-0.05, 0) is 18.9 Å². The normalized spacial score (nSPS) is 19.7. The lowest BCUT2D eigenvalue weighted by molar-refractivity contribution is -0.175. The average molecular weight is 321 g/mol. The Kier molecular flexibility index (Phi) is 4.36. The summed E-state index contributed by atoms with van der Waals surface area (Å²) in [5.74, 6) is -1.55. The Hall–Kier alpha value is -1.44. The van der Waals surface area contributed by atoms with Crippen LogP contribution in [0.2, 0.25) is 0 Å². The second kappa shape index (κ2) is 5.75. The third kappa shape index (κ3) is 3.42. The van der Waals surface area contributed by atoms with Crippen LogP contribution in [-0.4, -0.2) is 44.2 Å². The monoisotopic (exact) mass is 321 g/mol. The minimum Gasteiger partial charge on any atom is -0.397 e. The molecule has 8 heteroatoms. The molecule has 1 aromatic rings. The zero-order valence-electron chi connectivity index (χ0n) is 11.9. The number of amides is 1. The van der Waals surface area contributed by atoms with Gasteiger partial charge in [0.2, 0.25) is 0 Å². The van der Waals surface area contributed by atoms with E-state index in [1.165, 1.54) is 4.90 Å². The summed E-state index contributed by atoms with van der Waals surface area (Å²) in [4.78, 5) is 15.4. The Balaban J connectivity index is 2.19. The zero-order valence-corrected chi connectivity index (χ0v) is 12.7. The predicted molar refractivity (Wildman–Crippen MR) is 77.7 cm³/mol. The molecule has 21 heavy (non-hydrogen) atoms. The van der Waals surface area contributed by atoms with Gasteiger partial charge in [-0.25, -0.2) is 0 Å². The average Bonchev–Trinajstić information content (AvgIpc) is 2.79. The molecule has 0 aliphatic carbocycles. The third-order valence-electron chi connectivity index (χ3n) is 3.54. The Morgan fingerprint density at radius 2 is 2.14 bits per heavy atom. The highest BCUT2D eigenvalue weighted by Gasteiger charge is 2.42. The molecule has 2 heterocycles. The van der Waals surface area contributed by atoms with E-state index in [-0.39, 0.29) is 18.9 Å². The van der Waals surface area contributed by atoms with Gasteiger partial charge in [0.1, 0.15) is 4.88 Å². The molecule has 1 saturated heterocycles. The highest BCUT2D eigenvalue weighted by molar-refractivity contribution is 7.18. The van der Waals surface area contributed by atoms with Gasteiger partial charge in [0.25, 0.3) is 5.91 Å². The van der Waals surface area contributed by atoms with Crippen molar-refractivity contribution in [1.29, 1.82) is 0 Å². The van der Waals surface area contributed by atoms with Crippen LogP contribution in [0.1, 0.15) is 22.5 Å². The highest BCUT2D eigenvalue weighted by atomic mass is 32.1. The molecule has 2 rings (SSSR count). The maximum absolute atomic E-state index is 12.8. The van der Waals surface area contributed by atoms with Gasteiger partial charge >= 0.3 is 6.18 Å². The number of thiophene rings is 1. The minimum atomic E-state index is -4.18. The number of rotatable bonds is 2. The minimum absolute atomic E-state index is 0.0704. The van der Waals surface area contributed by atoms with Gasteiger partial charge < -0.3 is 15.5 Å². The zero-order chi connectivity index (χ0) is 15.8. The maximum atomic E-state index is 12.8. The van der Waals surface area contributed by atoms with Crippen LogP contribution in [0.5, 0.6) is 0 Å². The second-order valence-electron chi connectivity index (χ2n) is 5.40. The van der Waals surface area contributed by atoms with Crippen molar-refractivity contribution in [1.82, 2.24) is 4.90 Å². The highest BCUT2D eigenvalue weighted by Crippen LogP contribution is 2.38. The van der Waals surface area contributed by atoms with E-state index < -0.39 is 12.1 Å². The summed E-state index contributed by atoms with van der Waals surface area (Å²) in [6, 6.07) is 1.60. The van der Waals surface area contributed by atoms with Crippen molar-refractivity contribution >= 4 is 27.9 Å². The van der Waals surface area contributed by atoms with E-state index in [0.717, 1.165) is 11.3 Å². The number of nitrogen functional groups attached to an aromatic ring is 1. The molecule has 0 radical (unpaired) electrons. The quantitative estimate of drug-likeness (QED) is 0.911. The van der Waals surface area contributed by atoms with Crippen LogP contribution in [0.3, 0.4) is 0 Å². The van der Waals surface area contributed by atoms with Crippen molar-refractivity contribution in [2.75, 3.05) is 37.8 Å². The Labute approximate surface area is 125 Å². The molecule has 0 spiro atoms. The van der Waals surface area contributed by atoms with Crippen molar-refractivity contribution < 1.29 is 18.0 Å². The van der Waals surface area contributed by atoms with Crippen LogP contribution in [0.25, 0.3) is 0 Å². The van der Waals surface area contributed by atoms with Crippen molar-refractivity contribution in [3.8, 4) is 0 Å². The number of piperidine rings is 1. The topological polar surface area (TPSA) is 49.6 Å². The van der Waals surface area contributed by atoms with Crippen LogP contribution >= 0.6 is 11.3 Å². The van der Waals surface area contributed by atoms with E-state index in [2.05, 4.69) is 0 Å². The number of nitrogens with zero attached hydrogens (tertiary/aromatic N) is 2. The van der Waals surface area contributed by atoms with E-state index in [0.29, 0.717) is 28.5 Å². The van der Waals surface area contributed by atoms with E-state index in [4.69, 9.17) is 5.73 Å². The first kappa shape index (κ1) is 15.9. The standard InChI is InChI=1S/C13H18F3N3OS/c1-18(2)12(20)11-9(17)6-10(21-11)19-5-3-4-8(7-19)13(14,15)16/h6,8H,3-5,7,17H2,1-2H3. The summed E-state index contributed by atoms with van der Waals surface area (Å²) in [6.45, 7) is 0.487. The molecular weight excluding hydrogens is 303 g/mol. The Morgan fingerprint density at radius 3 is 2.71 bits per heavy atom. The molecule has 1 aliphatic heterocycles. The predicted octanol–water partition coefficient (Wildman–Crippen LogP) is 2.81. The molecule has 1 unspecified atom stereocenters. The van der Waals surface area contributed by atoms with Crippen LogP contribution in [0.4, 0.5) is 23.9 Å². The van der Waals surface area contributed by atoms with Crippen LogP contribution in [-0.2, 0) is 0 Å². The van der Waals surface area contributed by atoms with Gasteiger partial charge in [-0.1, -0.05) is 0 Å². The van der Waals surface area contributed by atoms with E-state index >= 15 is 0 Å². The number of alkyl halides is 3. The van der Waals surface area contributed by atoms with Gasteiger partial charge in [0, 0.05) is 27.2 Å². The van der Waals surface area contributed by atoms with E-state index in [9.17, 15) is 18.0 Å². The molecule has 1 fully saturated rings. The molecule has 0 saturated carbocycles. The molecule has 0 bridgehead atoms. The number of anilines is 2. The molecule has 1 aromatic heterocycles. The molecule has 1 atom stereocenters. The molecule has 1 amide bonds. The molecule has 1 aliphatic rings. The van der Waals surface area contributed by atoms with Gasteiger partial charge in [0.05, 0.1) is 16.6 Å². The third-order valence-corrected chi connectivity index (χ3v) is 4.74. The number of carbonyl (C=O) groups is 1. The Morgan fingerprint density at radius 1 is 1.48 bits per heavy atom. The number of carbonyl (C=O) groups excluding carboxylic acids is 1. The fraction of sp³-hybridized carbons (Fsp3) is 0.615. The summed E-state index contributed by atoms with van der Waals surface area (Å²) >= 11 is 1.16. The summed E-state index contributed by atoms with van der Waals surface area (Å²) in [7, 11) is 3.23. The lowest BCUT2D eigenvalue weighted by Crippen LogP contribution is -2.41. The summed E-state index contributed by atoms with van der Waals surface area (Å²) in [6.07, 6.45) is -3.53. The van der Waals surface area contributed by atoms with Crippen molar-refractivity contribution in [2.24, 2.45) is 5.92 Å². The molecule has 0 aromatic carbocycles. The van der Waals surface area contributed by atoms with Crippen molar-refractivity contribution in [2.45, 2.75) is 19.0 Å². The molecular formula is C13H18F3N3OS. The summed E-state index contributed by atoms with van der Waals surface area (Å²) < 4.78 is 38.5. The van der Waals surface area contributed by atoms with Gasteiger partial charge in [-0.15, -0.1) is 11.3 Å². The lowest BCUT2D eigenvalue weighted by Gasteiger charge is -2.34. The first-order chi connectivity index (χ1) is 9.70. The summed E-state index contributed by atoms with van der Waals surface area (Å²) in [5, 5.41) is 0.631. The smallest absolute Gasteiger partial charge is 0.393 e. The van der Waals surface area contributed by atoms with Gasteiger partial charge in [0.15, 0.2) is 0 Å². The van der Waals surface area contributed by atoms with Gasteiger partial charge in [-0.2, -0.15) is 13.2 Å². The Bertz CT molecular complexity index is 527. The fourth-order valence-corrected chi connectivity index (χ4v) is 3.50. The SMILES string of the molecule is CN(C)C(=O)c1sc(N2CCCC(C(F)(F)F)C2)cc1N. The molecule has 118 valence electrons. The number of halogens is 3. The number of hydrogen-bond acceptors (Lipinski definition) is 4. The van der Waals surface area contributed by atoms with Crippen LogP contribution < -0.4 is 10.6 Å². The first-order valence-electron chi connectivity index (χ1n) is 6.62. The largest absolute Gasteiger partial charge is 0.397 e. The maximum Gasteiger partial charge on any atom is 0.393 e. The van der Waals surface area contributed by atoms with Crippen molar-refractivity contribution in [3.05, 3.63) is 10.9 Å². The lowest BCUT2D eigenvalue weighted by atomic mass is 9.98. The second-order valence-corrected chi connectivity index (χ2v) is 6.43. The van der Waals surface area contributed by atoms with Crippen LogP contribution in [0, 0.1) is 5.92 Å². The molecule has 4 nitrogen and oxygen atoms in total. The van der Waals surface area contributed by atoms with Gasteiger partial charge in [-0.3, -0.25) is 4.79 Å². The number of hydrogen-bond donors (Lipinski definition) is 1.